The minimum absolute atomic E-state index is 0.459. The van der Waals surface area contributed by atoms with Crippen molar-refractivity contribution in [1.29, 1.82) is 0 Å². The lowest BCUT2D eigenvalue weighted by molar-refractivity contribution is 0.590. The fourth-order valence-corrected chi connectivity index (χ4v) is 3.19. The molecule has 2 saturated carbocycles. The predicted molar refractivity (Wildman–Crippen MR) is 77.1 cm³/mol. The minimum Gasteiger partial charge on any atom is -0.310 e. The van der Waals surface area contributed by atoms with Gasteiger partial charge in [-0.15, -0.1) is 0 Å². The van der Waals surface area contributed by atoms with Gasteiger partial charge in [-0.05, 0) is 60.8 Å². The summed E-state index contributed by atoms with van der Waals surface area (Å²) < 4.78 is 0. The molecule has 0 saturated heterocycles. The zero-order valence-corrected chi connectivity index (χ0v) is 11.9. The SMILES string of the molecule is CCCC1(c2cc(Cl)ccc2CNC2CC2)CC1. The molecule has 3 rings (SSSR count). The Hall–Kier alpha value is -0.530. The molecule has 0 unspecified atom stereocenters. The normalized spacial score (nSPS) is 21.0. The molecule has 0 radical (unpaired) electrons. The van der Waals surface area contributed by atoms with Crippen LogP contribution >= 0.6 is 11.6 Å². The Bertz CT molecular complexity index is 433. The van der Waals surface area contributed by atoms with Gasteiger partial charge < -0.3 is 5.32 Å². The molecule has 98 valence electrons. The first-order valence-corrected chi connectivity index (χ1v) is 7.64. The van der Waals surface area contributed by atoms with Crippen LogP contribution in [-0.2, 0) is 12.0 Å². The van der Waals surface area contributed by atoms with E-state index in [1.165, 1.54) is 49.7 Å². The molecule has 0 bridgehead atoms. The highest BCUT2D eigenvalue weighted by Gasteiger charge is 2.44. The van der Waals surface area contributed by atoms with Crippen LogP contribution in [0.5, 0.6) is 0 Å². The first-order chi connectivity index (χ1) is 8.73. The largest absolute Gasteiger partial charge is 0.310 e. The molecule has 0 heterocycles. The van der Waals surface area contributed by atoms with Crippen LogP contribution in [0.3, 0.4) is 0 Å². The molecule has 1 aromatic rings. The zero-order valence-electron chi connectivity index (χ0n) is 11.1. The summed E-state index contributed by atoms with van der Waals surface area (Å²) in [5.41, 5.74) is 3.45. The van der Waals surface area contributed by atoms with Gasteiger partial charge in [0.15, 0.2) is 0 Å². The van der Waals surface area contributed by atoms with Crippen LogP contribution in [0.4, 0.5) is 0 Å². The second kappa shape index (κ2) is 4.86. The molecular formula is C16H22ClN. The van der Waals surface area contributed by atoms with Gasteiger partial charge >= 0.3 is 0 Å². The van der Waals surface area contributed by atoms with Crippen molar-refractivity contribution in [1.82, 2.24) is 5.32 Å². The van der Waals surface area contributed by atoms with E-state index in [-0.39, 0.29) is 0 Å². The Morgan fingerprint density at radius 2 is 2.11 bits per heavy atom. The van der Waals surface area contributed by atoms with Crippen molar-refractivity contribution in [2.45, 2.75) is 63.5 Å². The van der Waals surface area contributed by atoms with Crippen molar-refractivity contribution in [3.8, 4) is 0 Å². The van der Waals surface area contributed by atoms with Crippen molar-refractivity contribution >= 4 is 11.6 Å². The molecule has 2 aliphatic carbocycles. The van der Waals surface area contributed by atoms with Crippen LogP contribution in [0.25, 0.3) is 0 Å². The molecule has 0 aliphatic heterocycles. The Balaban J connectivity index is 1.82. The van der Waals surface area contributed by atoms with Gasteiger partial charge in [-0.3, -0.25) is 0 Å². The molecule has 2 aliphatic rings. The van der Waals surface area contributed by atoms with E-state index in [9.17, 15) is 0 Å². The van der Waals surface area contributed by atoms with E-state index >= 15 is 0 Å². The van der Waals surface area contributed by atoms with Crippen LogP contribution < -0.4 is 5.32 Å². The van der Waals surface area contributed by atoms with Crippen molar-refractivity contribution in [2.24, 2.45) is 0 Å². The maximum Gasteiger partial charge on any atom is 0.0409 e. The number of rotatable bonds is 6. The monoisotopic (exact) mass is 263 g/mol. The molecule has 1 aromatic carbocycles. The van der Waals surface area contributed by atoms with E-state index in [4.69, 9.17) is 11.6 Å². The van der Waals surface area contributed by atoms with E-state index in [0.717, 1.165) is 17.6 Å². The molecule has 0 amide bonds. The van der Waals surface area contributed by atoms with Crippen molar-refractivity contribution in [3.05, 3.63) is 34.3 Å². The predicted octanol–water partition coefficient (Wildman–Crippen LogP) is 4.42. The van der Waals surface area contributed by atoms with Gasteiger partial charge in [-0.25, -0.2) is 0 Å². The maximum atomic E-state index is 6.21. The summed E-state index contributed by atoms with van der Waals surface area (Å²) in [6.45, 7) is 3.30. The third-order valence-corrected chi connectivity index (χ3v) is 4.62. The van der Waals surface area contributed by atoms with E-state index < -0.39 is 0 Å². The van der Waals surface area contributed by atoms with E-state index in [0.29, 0.717) is 5.41 Å². The van der Waals surface area contributed by atoms with Crippen LogP contribution in [0, 0.1) is 0 Å². The van der Waals surface area contributed by atoms with Crippen LogP contribution in [0.15, 0.2) is 18.2 Å². The topological polar surface area (TPSA) is 12.0 Å². The molecule has 18 heavy (non-hydrogen) atoms. The molecule has 2 fully saturated rings. The lowest BCUT2D eigenvalue weighted by atomic mass is 9.87. The lowest BCUT2D eigenvalue weighted by Crippen LogP contribution is -2.19. The molecule has 0 spiro atoms. The summed E-state index contributed by atoms with van der Waals surface area (Å²) in [6, 6.07) is 7.25. The van der Waals surface area contributed by atoms with Crippen LogP contribution in [-0.4, -0.2) is 6.04 Å². The third-order valence-electron chi connectivity index (χ3n) is 4.38. The van der Waals surface area contributed by atoms with E-state index in [1.54, 1.807) is 0 Å². The highest BCUT2D eigenvalue weighted by atomic mass is 35.5. The van der Waals surface area contributed by atoms with E-state index in [2.05, 4.69) is 24.4 Å². The summed E-state index contributed by atoms with van der Waals surface area (Å²) in [5.74, 6) is 0. The van der Waals surface area contributed by atoms with Crippen molar-refractivity contribution in [2.75, 3.05) is 0 Å². The van der Waals surface area contributed by atoms with Gasteiger partial charge in [-0.2, -0.15) is 0 Å². The standard InChI is InChI=1S/C16H22ClN/c1-2-7-16(8-9-16)15-10-13(17)4-3-12(15)11-18-14-5-6-14/h3-4,10,14,18H,2,5-9,11H2,1H3. The fraction of sp³-hybridized carbons (Fsp3) is 0.625. The highest BCUT2D eigenvalue weighted by Crippen LogP contribution is 2.53. The van der Waals surface area contributed by atoms with E-state index in [1.807, 2.05) is 6.07 Å². The Morgan fingerprint density at radius 1 is 1.33 bits per heavy atom. The summed E-state index contributed by atoms with van der Waals surface area (Å²) in [5, 5.41) is 4.52. The van der Waals surface area contributed by atoms with Crippen molar-refractivity contribution < 1.29 is 0 Å². The first kappa shape index (κ1) is 12.5. The third kappa shape index (κ3) is 2.57. The van der Waals surface area contributed by atoms with Crippen molar-refractivity contribution in [3.63, 3.8) is 0 Å². The second-order valence-electron chi connectivity index (χ2n) is 5.99. The number of benzene rings is 1. The van der Waals surface area contributed by atoms with Gasteiger partial charge in [0, 0.05) is 17.6 Å². The maximum absolute atomic E-state index is 6.21. The summed E-state index contributed by atoms with van der Waals surface area (Å²) >= 11 is 6.21. The smallest absolute Gasteiger partial charge is 0.0409 e. The van der Waals surface area contributed by atoms with Crippen LogP contribution in [0.1, 0.15) is 56.6 Å². The van der Waals surface area contributed by atoms with Crippen LogP contribution in [0.2, 0.25) is 5.02 Å². The number of nitrogens with one attached hydrogen (secondary N) is 1. The number of hydrogen-bond acceptors (Lipinski definition) is 1. The summed E-state index contributed by atoms with van der Waals surface area (Å²) in [4.78, 5) is 0. The Morgan fingerprint density at radius 3 is 2.72 bits per heavy atom. The highest BCUT2D eigenvalue weighted by molar-refractivity contribution is 6.30. The van der Waals surface area contributed by atoms with Gasteiger partial charge in [0.25, 0.3) is 0 Å². The average molecular weight is 264 g/mol. The second-order valence-corrected chi connectivity index (χ2v) is 6.42. The molecular weight excluding hydrogens is 242 g/mol. The summed E-state index contributed by atoms with van der Waals surface area (Å²) in [7, 11) is 0. The lowest BCUT2D eigenvalue weighted by Gasteiger charge is -2.20. The molecule has 0 atom stereocenters. The molecule has 1 nitrogen and oxygen atoms in total. The quantitative estimate of drug-likeness (QED) is 0.801. The first-order valence-electron chi connectivity index (χ1n) is 7.26. The number of hydrogen-bond donors (Lipinski definition) is 1. The molecule has 0 aromatic heterocycles. The van der Waals surface area contributed by atoms with Gasteiger partial charge in [-0.1, -0.05) is 31.0 Å². The fourth-order valence-electron chi connectivity index (χ4n) is 3.02. The number of halogens is 1. The Labute approximate surface area is 115 Å². The minimum atomic E-state index is 0.459. The Kier molecular flexibility index (Phi) is 3.38. The molecule has 2 heteroatoms. The van der Waals surface area contributed by atoms with Gasteiger partial charge in [0.05, 0.1) is 0 Å². The van der Waals surface area contributed by atoms with Gasteiger partial charge in [0.1, 0.15) is 0 Å². The average Bonchev–Trinajstić information content (AvgIpc) is 3.24. The summed E-state index contributed by atoms with van der Waals surface area (Å²) in [6.07, 6.45) is 7.97. The molecule has 1 N–H and O–H groups in total. The van der Waals surface area contributed by atoms with Gasteiger partial charge in [0.2, 0.25) is 0 Å². The zero-order chi connectivity index (χ0) is 12.6.